The second kappa shape index (κ2) is 9.15. The molecular weight excluding hydrogens is 400 g/mol. The summed E-state index contributed by atoms with van der Waals surface area (Å²) in [5, 5.41) is 14.6. The van der Waals surface area contributed by atoms with Crippen molar-refractivity contribution in [3.8, 4) is 0 Å². The Morgan fingerprint density at radius 1 is 1.03 bits per heavy atom. The highest BCUT2D eigenvalue weighted by Gasteiger charge is 2.22. The van der Waals surface area contributed by atoms with Crippen molar-refractivity contribution in [3.05, 3.63) is 94.0 Å². The first-order valence-corrected chi connectivity index (χ1v) is 9.55. The summed E-state index contributed by atoms with van der Waals surface area (Å²) in [7, 11) is 0. The number of nitrogens with zero attached hydrogens (tertiary/aromatic N) is 2. The number of carbonyl (C=O) groups excluding carboxylic acids is 1. The maximum Gasteiger partial charge on any atom is 0.292 e. The predicted molar refractivity (Wildman–Crippen MR) is 122 cm³/mol. The van der Waals surface area contributed by atoms with E-state index in [0.29, 0.717) is 11.3 Å². The number of aryl methyl sites for hydroxylation is 1. The van der Waals surface area contributed by atoms with Gasteiger partial charge in [0.1, 0.15) is 5.69 Å². The molecule has 0 saturated heterocycles. The number of rotatable bonds is 6. The Hall–Kier alpha value is -3.78. The van der Waals surface area contributed by atoms with E-state index in [2.05, 4.69) is 5.32 Å². The Morgan fingerprint density at radius 2 is 1.63 bits per heavy atom. The second-order valence-corrected chi connectivity index (χ2v) is 6.98. The summed E-state index contributed by atoms with van der Waals surface area (Å²) < 4.78 is 0. The minimum atomic E-state index is -0.468. The van der Waals surface area contributed by atoms with E-state index in [1.54, 1.807) is 29.2 Å². The summed E-state index contributed by atoms with van der Waals surface area (Å²) in [6.45, 7) is 1.94. The van der Waals surface area contributed by atoms with Crippen molar-refractivity contribution in [1.82, 2.24) is 0 Å². The van der Waals surface area contributed by atoms with Gasteiger partial charge in [-0.1, -0.05) is 48.5 Å². The number of amides is 1. The largest absolute Gasteiger partial charge is 0.369 e. The van der Waals surface area contributed by atoms with Crippen LogP contribution in [0.2, 0.25) is 0 Å². The zero-order valence-corrected chi connectivity index (χ0v) is 17.1. The van der Waals surface area contributed by atoms with E-state index in [9.17, 15) is 14.9 Å². The van der Waals surface area contributed by atoms with Crippen LogP contribution in [0.1, 0.15) is 11.1 Å². The third-order valence-electron chi connectivity index (χ3n) is 4.50. The van der Waals surface area contributed by atoms with Crippen LogP contribution in [0.15, 0.2) is 72.8 Å². The molecule has 152 valence electrons. The quantitative estimate of drug-likeness (QED) is 0.347. The Kier molecular flexibility index (Phi) is 6.38. The number of nitrogens with one attached hydrogen (secondary N) is 1. The smallest absolute Gasteiger partial charge is 0.292 e. The van der Waals surface area contributed by atoms with Crippen molar-refractivity contribution in [2.75, 3.05) is 10.2 Å². The number of primary amides is 1. The first-order valence-electron chi connectivity index (χ1n) is 9.15. The molecule has 1 amide bonds. The van der Waals surface area contributed by atoms with Crippen LogP contribution < -0.4 is 16.0 Å². The van der Waals surface area contributed by atoms with Gasteiger partial charge < -0.3 is 11.1 Å². The van der Waals surface area contributed by atoms with E-state index in [1.165, 1.54) is 6.07 Å². The Labute approximate surface area is 179 Å². The lowest BCUT2D eigenvalue weighted by molar-refractivity contribution is -0.383. The van der Waals surface area contributed by atoms with Crippen molar-refractivity contribution in [2.45, 2.75) is 13.3 Å². The second-order valence-electron chi connectivity index (χ2n) is 6.60. The van der Waals surface area contributed by atoms with E-state index < -0.39 is 10.8 Å². The van der Waals surface area contributed by atoms with Crippen LogP contribution in [-0.2, 0) is 11.2 Å². The minimum Gasteiger partial charge on any atom is -0.369 e. The fourth-order valence-electron chi connectivity index (χ4n) is 3.14. The van der Waals surface area contributed by atoms with Crippen molar-refractivity contribution in [3.63, 3.8) is 0 Å². The average Bonchev–Trinajstić information content (AvgIpc) is 2.70. The SMILES string of the molecule is Cc1ccccc1N(C(=S)Nc1ccccc1[N+](=O)[O-])c1ccccc1CC(N)=O. The van der Waals surface area contributed by atoms with E-state index in [0.717, 1.165) is 11.3 Å². The number of carbonyl (C=O) groups is 1. The van der Waals surface area contributed by atoms with Gasteiger partial charge >= 0.3 is 0 Å². The maximum absolute atomic E-state index is 11.6. The minimum absolute atomic E-state index is 0.0344. The first-order chi connectivity index (χ1) is 14.4. The number of para-hydroxylation sites is 4. The van der Waals surface area contributed by atoms with Crippen molar-refractivity contribution in [1.29, 1.82) is 0 Å². The normalized spacial score (nSPS) is 10.3. The predicted octanol–water partition coefficient (Wildman–Crippen LogP) is 4.47. The molecule has 3 rings (SSSR count). The number of anilines is 3. The Balaban J connectivity index is 2.11. The molecule has 30 heavy (non-hydrogen) atoms. The highest BCUT2D eigenvalue weighted by Crippen LogP contribution is 2.33. The van der Waals surface area contributed by atoms with E-state index in [1.807, 2.05) is 49.4 Å². The van der Waals surface area contributed by atoms with Gasteiger partial charge in [-0.15, -0.1) is 0 Å². The zero-order chi connectivity index (χ0) is 21.7. The molecule has 0 radical (unpaired) electrons. The fraction of sp³-hybridized carbons (Fsp3) is 0.0909. The summed E-state index contributed by atoms with van der Waals surface area (Å²) in [6.07, 6.45) is 0.0344. The summed E-state index contributed by atoms with van der Waals surface area (Å²) in [5.41, 5.74) is 8.71. The van der Waals surface area contributed by atoms with Gasteiger partial charge in [0.15, 0.2) is 5.11 Å². The summed E-state index contributed by atoms with van der Waals surface area (Å²) in [4.78, 5) is 24.3. The molecule has 0 saturated carbocycles. The van der Waals surface area contributed by atoms with Gasteiger partial charge in [0.2, 0.25) is 5.91 Å². The van der Waals surface area contributed by atoms with Gasteiger partial charge in [0.25, 0.3) is 5.69 Å². The number of benzene rings is 3. The highest BCUT2D eigenvalue weighted by atomic mass is 32.1. The first kappa shape index (κ1) is 20.9. The third kappa shape index (κ3) is 4.61. The number of nitro groups is 1. The lowest BCUT2D eigenvalue weighted by Gasteiger charge is -2.29. The molecular formula is C22H20N4O3S. The van der Waals surface area contributed by atoms with Crippen LogP contribution in [0.4, 0.5) is 22.7 Å². The van der Waals surface area contributed by atoms with Crippen molar-refractivity contribution in [2.24, 2.45) is 5.73 Å². The number of nitrogens with two attached hydrogens (primary N) is 1. The standard InChI is InChI=1S/C22H20N4O3S/c1-15-8-2-5-11-18(15)25(19-12-6-3-9-16(19)14-21(23)27)22(30)24-17-10-4-7-13-20(17)26(28)29/h2-13H,14H2,1H3,(H2,23,27)(H,24,30). The van der Waals surface area contributed by atoms with Gasteiger partial charge in [0, 0.05) is 6.07 Å². The molecule has 3 aromatic carbocycles. The van der Waals surface area contributed by atoms with Gasteiger partial charge in [-0.05, 0) is 48.5 Å². The number of hydrogen-bond donors (Lipinski definition) is 2. The number of hydrogen-bond acceptors (Lipinski definition) is 4. The van der Waals surface area contributed by atoms with Crippen molar-refractivity contribution < 1.29 is 9.72 Å². The number of thiocarbonyl (C=S) groups is 1. The number of nitro benzene ring substituents is 1. The molecule has 0 fully saturated rings. The van der Waals surface area contributed by atoms with Crippen LogP contribution in [0.25, 0.3) is 0 Å². The molecule has 3 N–H and O–H groups in total. The fourth-order valence-corrected chi connectivity index (χ4v) is 3.45. The van der Waals surface area contributed by atoms with Gasteiger partial charge in [-0.3, -0.25) is 19.8 Å². The third-order valence-corrected chi connectivity index (χ3v) is 4.78. The molecule has 0 heterocycles. The van der Waals surface area contributed by atoms with Crippen LogP contribution in [0.3, 0.4) is 0 Å². The van der Waals surface area contributed by atoms with Gasteiger partial charge in [-0.2, -0.15) is 0 Å². The van der Waals surface area contributed by atoms with Crippen molar-refractivity contribution >= 4 is 46.0 Å². The molecule has 0 aliphatic heterocycles. The zero-order valence-electron chi connectivity index (χ0n) is 16.2. The summed E-state index contributed by atoms with van der Waals surface area (Å²) in [6, 6.07) is 21.2. The van der Waals surface area contributed by atoms with Gasteiger partial charge in [-0.25, -0.2) is 0 Å². The van der Waals surface area contributed by atoms with E-state index >= 15 is 0 Å². The monoisotopic (exact) mass is 420 g/mol. The Bertz CT molecular complexity index is 1120. The molecule has 0 spiro atoms. The van der Waals surface area contributed by atoms with E-state index in [-0.39, 0.29) is 22.9 Å². The molecule has 0 aromatic heterocycles. The highest BCUT2D eigenvalue weighted by molar-refractivity contribution is 7.80. The maximum atomic E-state index is 11.6. The summed E-state index contributed by atoms with van der Waals surface area (Å²) in [5.74, 6) is -0.468. The molecule has 7 nitrogen and oxygen atoms in total. The molecule has 0 aliphatic carbocycles. The topological polar surface area (TPSA) is 102 Å². The summed E-state index contributed by atoms with van der Waals surface area (Å²) >= 11 is 5.68. The molecule has 0 bridgehead atoms. The lowest BCUT2D eigenvalue weighted by atomic mass is 10.1. The molecule has 0 atom stereocenters. The average molecular weight is 420 g/mol. The van der Waals surface area contributed by atoms with E-state index in [4.69, 9.17) is 18.0 Å². The molecule has 0 unspecified atom stereocenters. The molecule has 8 heteroatoms. The van der Waals surface area contributed by atoms with Crippen LogP contribution in [0.5, 0.6) is 0 Å². The molecule has 0 aliphatic rings. The van der Waals surface area contributed by atoms with Crippen LogP contribution >= 0.6 is 12.2 Å². The molecule has 3 aromatic rings. The lowest BCUT2D eigenvalue weighted by Crippen LogP contribution is -2.32. The van der Waals surface area contributed by atoms with Gasteiger partial charge in [0.05, 0.1) is 22.7 Å². The Morgan fingerprint density at radius 3 is 2.30 bits per heavy atom. The van der Waals surface area contributed by atoms with Crippen LogP contribution in [0, 0.1) is 17.0 Å². The van der Waals surface area contributed by atoms with Crippen LogP contribution in [-0.4, -0.2) is 15.9 Å².